The van der Waals surface area contributed by atoms with E-state index < -0.39 is 0 Å². The molecule has 0 radical (unpaired) electrons. The summed E-state index contributed by atoms with van der Waals surface area (Å²) in [6.45, 7) is 0. The highest BCUT2D eigenvalue weighted by atomic mass is 79.9. The maximum atomic E-state index is 5.32. The topological polar surface area (TPSA) is 62.7 Å². The Morgan fingerprint density at radius 1 is 0.647 bits per heavy atom. The normalized spacial score (nSPS) is 10.1. The molecule has 34 heavy (non-hydrogen) atoms. The number of nitrogens with zero attached hydrogens (tertiary/aromatic N) is 2. The number of benzene rings is 2. The molecule has 0 N–H and O–H groups in total. The maximum Gasteiger partial charge on any atom is 0.203 e. The zero-order valence-electron chi connectivity index (χ0n) is 19.2. The predicted molar refractivity (Wildman–Crippen MR) is 141 cm³/mol. The minimum Gasteiger partial charge on any atom is -0.497 e. The van der Waals surface area contributed by atoms with E-state index in [1.165, 1.54) is 0 Å². The Bertz CT molecular complexity index is 1190. The fraction of sp³-hybridized carbons (Fsp3) is 0.154. The molecule has 0 aliphatic heterocycles. The predicted octanol–water partition coefficient (Wildman–Crippen LogP) is 7.06. The van der Waals surface area contributed by atoms with E-state index in [2.05, 4.69) is 41.8 Å². The smallest absolute Gasteiger partial charge is 0.203 e. The molecule has 0 amide bonds. The van der Waals surface area contributed by atoms with Crippen molar-refractivity contribution in [3.8, 4) is 45.5 Å². The molecule has 0 aliphatic carbocycles. The summed E-state index contributed by atoms with van der Waals surface area (Å²) in [6.07, 6.45) is 1.75. The van der Waals surface area contributed by atoms with E-state index in [-0.39, 0.29) is 0 Å². The van der Waals surface area contributed by atoms with Crippen molar-refractivity contribution in [1.82, 2.24) is 9.97 Å². The van der Waals surface area contributed by atoms with Crippen LogP contribution in [0.3, 0.4) is 0 Å². The zero-order chi connectivity index (χ0) is 24.5. The first kappa shape index (κ1) is 25.5. The van der Waals surface area contributed by atoms with Gasteiger partial charge in [0.2, 0.25) is 5.75 Å². The third-order valence-electron chi connectivity index (χ3n) is 4.79. The molecule has 0 aliphatic rings. The van der Waals surface area contributed by atoms with Gasteiger partial charge in [0.25, 0.3) is 0 Å². The molecule has 0 atom stereocenters. The molecule has 2 heterocycles. The van der Waals surface area contributed by atoms with Crippen molar-refractivity contribution >= 4 is 31.9 Å². The fourth-order valence-corrected chi connectivity index (χ4v) is 3.68. The Kier molecular flexibility index (Phi) is 9.30. The highest BCUT2D eigenvalue weighted by Crippen LogP contribution is 2.40. The molecule has 6 nitrogen and oxygen atoms in total. The Hall–Kier alpha value is -3.10. The number of hydrogen-bond donors (Lipinski definition) is 0. The van der Waals surface area contributed by atoms with Gasteiger partial charge in [0, 0.05) is 21.8 Å². The van der Waals surface area contributed by atoms with E-state index in [9.17, 15) is 0 Å². The molecule has 0 saturated heterocycles. The van der Waals surface area contributed by atoms with Crippen LogP contribution < -0.4 is 18.9 Å². The lowest BCUT2D eigenvalue weighted by atomic mass is 10.1. The van der Waals surface area contributed by atoms with Crippen molar-refractivity contribution in [2.24, 2.45) is 0 Å². The molecule has 8 heteroatoms. The first-order valence-corrected chi connectivity index (χ1v) is 11.8. The molecular weight excluding hydrogens is 564 g/mol. The molecular formula is C26H24Br2N2O4. The highest BCUT2D eigenvalue weighted by Gasteiger charge is 2.14. The van der Waals surface area contributed by atoms with Gasteiger partial charge in [-0.3, -0.25) is 4.98 Å². The lowest BCUT2D eigenvalue weighted by molar-refractivity contribution is 0.324. The molecule has 176 valence electrons. The molecule has 0 saturated carbocycles. The van der Waals surface area contributed by atoms with Gasteiger partial charge in [-0.05, 0) is 92.5 Å². The van der Waals surface area contributed by atoms with Gasteiger partial charge in [-0.1, -0.05) is 6.07 Å². The van der Waals surface area contributed by atoms with Crippen LogP contribution in [0.1, 0.15) is 0 Å². The number of rotatable bonds is 6. The van der Waals surface area contributed by atoms with Crippen molar-refractivity contribution in [3.05, 3.63) is 82.0 Å². The van der Waals surface area contributed by atoms with Gasteiger partial charge in [-0.15, -0.1) is 0 Å². The van der Waals surface area contributed by atoms with Crippen LogP contribution in [0.2, 0.25) is 0 Å². The van der Waals surface area contributed by atoms with Crippen LogP contribution in [-0.2, 0) is 0 Å². The van der Waals surface area contributed by atoms with Gasteiger partial charge in [0.1, 0.15) is 10.4 Å². The van der Waals surface area contributed by atoms with E-state index >= 15 is 0 Å². The minimum atomic E-state index is 0.575. The molecule has 2 aromatic carbocycles. The van der Waals surface area contributed by atoms with Gasteiger partial charge in [0.15, 0.2) is 11.5 Å². The highest BCUT2D eigenvalue weighted by molar-refractivity contribution is 9.10. The van der Waals surface area contributed by atoms with Gasteiger partial charge >= 0.3 is 0 Å². The number of methoxy groups -OCH3 is 4. The minimum absolute atomic E-state index is 0.575. The second-order valence-electron chi connectivity index (χ2n) is 6.85. The molecule has 0 fully saturated rings. The second kappa shape index (κ2) is 12.4. The van der Waals surface area contributed by atoms with Crippen LogP contribution in [0.4, 0.5) is 0 Å². The Morgan fingerprint density at radius 3 is 1.82 bits per heavy atom. The van der Waals surface area contributed by atoms with Crippen molar-refractivity contribution in [2.45, 2.75) is 0 Å². The van der Waals surface area contributed by atoms with Crippen LogP contribution in [0.25, 0.3) is 22.5 Å². The number of ether oxygens (including phenoxy) is 4. The summed E-state index contributed by atoms with van der Waals surface area (Å²) in [5.74, 6) is 2.66. The van der Waals surface area contributed by atoms with Crippen molar-refractivity contribution in [1.29, 1.82) is 0 Å². The Labute approximate surface area is 216 Å². The van der Waals surface area contributed by atoms with Crippen LogP contribution >= 0.6 is 31.9 Å². The SMILES string of the molecule is COc1cc(-c2ccc(Br)cn2)cc(OC)c1OC.COc1ccc(-c2cccc(Br)n2)cc1. The van der Waals surface area contributed by atoms with E-state index in [4.69, 9.17) is 18.9 Å². The van der Waals surface area contributed by atoms with Crippen molar-refractivity contribution in [3.63, 3.8) is 0 Å². The van der Waals surface area contributed by atoms with Gasteiger partial charge in [0.05, 0.1) is 39.8 Å². The molecule has 4 aromatic rings. The zero-order valence-corrected chi connectivity index (χ0v) is 22.4. The lowest BCUT2D eigenvalue weighted by Gasteiger charge is -2.13. The second-order valence-corrected chi connectivity index (χ2v) is 8.58. The summed E-state index contributed by atoms with van der Waals surface area (Å²) >= 11 is 6.72. The number of hydrogen-bond acceptors (Lipinski definition) is 6. The standard InChI is InChI=1S/C14H14BrNO3.C12H10BrNO/c1-17-12-6-9(7-13(18-2)14(12)19-3)11-5-4-10(15)8-16-11;1-15-10-7-5-9(6-8-10)11-3-2-4-12(13)14-11/h4-8H,1-3H3;2-8H,1H3. The van der Waals surface area contributed by atoms with Crippen LogP contribution in [-0.4, -0.2) is 38.4 Å². The summed E-state index contributed by atoms with van der Waals surface area (Å²) < 4.78 is 22.8. The molecule has 0 bridgehead atoms. The summed E-state index contributed by atoms with van der Waals surface area (Å²) in [4.78, 5) is 8.73. The summed E-state index contributed by atoms with van der Waals surface area (Å²) in [6, 6.07) is 21.3. The average Bonchev–Trinajstić information content (AvgIpc) is 2.88. The first-order chi connectivity index (χ1) is 16.5. The van der Waals surface area contributed by atoms with E-state index in [0.717, 1.165) is 37.3 Å². The quantitative estimate of drug-likeness (QED) is 0.225. The van der Waals surface area contributed by atoms with Crippen molar-refractivity contribution in [2.75, 3.05) is 28.4 Å². The largest absolute Gasteiger partial charge is 0.497 e. The third-order valence-corrected chi connectivity index (χ3v) is 5.70. The van der Waals surface area contributed by atoms with Crippen LogP contribution in [0, 0.1) is 0 Å². The van der Waals surface area contributed by atoms with Gasteiger partial charge < -0.3 is 18.9 Å². The van der Waals surface area contributed by atoms with Crippen LogP contribution in [0.5, 0.6) is 23.0 Å². The average molecular weight is 588 g/mol. The van der Waals surface area contributed by atoms with Crippen molar-refractivity contribution < 1.29 is 18.9 Å². The van der Waals surface area contributed by atoms with Gasteiger partial charge in [-0.2, -0.15) is 0 Å². The Morgan fingerprint density at radius 2 is 1.32 bits per heavy atom. The van der Waals surface area contributed by atoms with Gasteiger partial charge in [-0.25, -0.2) is 4.98 Å². The fourth-order valence-electron chi connectivity index (χ4n) is 3.11. The van der Waals surface area contributed by atoms with E-state index in [0.29, 0.717) is 17.2 Å². The lowest BCUT2D eigenvalue weighted by Crippen LogP contribution is -1.96. The Balaban J connectivity index is 0.000000196. The van der Waals surface area contributed by atoms with E-state index in [1.807, 2.05) is 66.7 Å². The number of aromatic nitrogens is 2. The molecule has 2 aromatic heterocycles. The molecule has 4 rings (SSSR count). The summed E-state index contributed by atoms with van der Waals surface area (Å²) in [5.41, 5.74) is 3.77. The maximum absolute atomic E-state index is 5.32. The third kappa shape index (κ3) is 6.48. The molecule has 0 unspecified atom stereocenters. The number of halogens is 2. The van der Waals surface area contributed by atoms with E-state index in [1.54, 1.807) is 34.6 Å². The van der Waals surface area contributed by atoms with Crippen LogP contribution in [0.15, 0.2) is 82.0 Å². The molecule has 0 spiro atoms. The monoisotopic (exact) mass is 586 g/mol. The number of pyridine rings is 2. The summed E-state index contributed by atoms with van der Waals surface area (Å²) in [5, 5.41) is 0. The summed E-state index contributed by atoms with van der Waals surface area (Å²) in [7, 11) is 6.43. The first-order valence-electron chi connectivity index (χ1n) is 10.2.